The van der Waals surface area contributed by atoms with Crippen molar-refractivity contribution in [2.45, 2.75) is 18.0 Å². The molecule has 0 aromatic carbocycles. The molecule has 7 heteroatoms. The molecule has 1 aliphatic rings. The molecule has 0 N–H and O–H groups in total. The zero-order valence-corrected chi connectivity index (χ0v) is 8.10. The van der Waals surface area contributed by atoms with Crippen LogP contribution in [-0.2, 0) is 0 Å². The molecule has 0 bridgehead atoms. The quantitative estimate of drug-likeness (QED) is 0.642. The minimum absolute atomic E-state index is 0.410. The lowest BCUT2D eigenvalue weighted by atomic mass is 9.86. The molecule has 1 nitrogen and oxygen atoms in total. The standard InChI is InChI=1S/C10H5F6N/c11-6-4-9(13,10(14,15)16)8(12)5-2-1-3-17-7(5)6/h1-4,8H. The first-order valence-corrected chi connectivity index (χ1v) is 4.50. The lowest BCUT2D eigenvalue weighted by molar-refractivity contribution is -0.232. The lowest BCUT2D eigenvalue weighted by Gasteiger charge is -2.31. The second-order valence-electron chi connectivity index (χ2n) is 3.56. The van der Waals surface area contributed by atoms with Crippen LogP contribution >= 0.6 is 0 Å². The Labute approximate surface area is 91.8 Å². The molecule has 1 aromatic rings. The molecule has 1 aromatic heterocycles. The minimum atomic E-state index is -5.53. The van der Waals surface area contributed by atoms with Crippen molar-refractivity contribution >= 4 is 5.83 Å². The molecular weight excluding hydrogens is 248 g/mol. The highest BCUT2D eigenvalue weighted by Crippen LogP contribution is 2.51. The van der Waals surface area contributed by atoms with E-state index in [1.165, 1.54) is 0 Å². The monoisotopic (exact) mass is 253 g/mol. The summed E-state index contributed by atoms with van der Waals surface area (Å²) in [6.45, 7) is 0. The van der Waals surface area contributed by atoms with Crippen LogP contribution in [0.5, 0.6) is 0 Å². The van der Waals surface area contributed by atoms with Crippen LogP contribution in [0.15, 0.2) is 24.4 Å². The maximum absolute atomic E-state index is 13.6. The zero-order valence-electron chi connectivity index (χ0n) is 8.10. The summed E-state index contributed by atoms with van der Waals surface area (Å²) in [6, 6.07) is 1.99. The van der Waals surface area contributed by atoms with E-state index >= 15 is 0 Å². The third-order valence-electron chi connectivity index (χ3n) is 2.48. The smallest absolute Gasteiger partial charge is 0.253 e. The SMILES string of the molecule is FC1=CC(F)(C(F)(F)F)C(F)c2cccnc21. The number of hydrogen-bond donors (Lipinski definition) is 0. The van der Waals surface area contributed by atoms with Crippen molar-refractivity contribution in [2.75, 3.05) is 0 Å². The maximum Gasteiger partial charge on any atom is 0.429 e. The zero-order chi connectivity index (χ0) is 12.8. The predicted octanol–water partition coefficient (Wildman–Crippen LogP) is 3.69. The molecule has 0 fully saturated rings. The van der Waals surface area contributed by atoms with E-state index in [0.29, 0.717) is 0 Å². The van der Waals surface area contributed by atoms with Gasteiger partial charge >= 0.3 is 6.18 Å². The number of allylic oxidation sites excluding steroid dienone is 1. The summed E-state index contributed by atoms with van der Waals surface area (Å²) < 4.78 is 77.6. The highest BCUT2D eigenvalue weighted by molar-refractivity contribution is 5.64. The fourth-order valence-corrected chi connectivity index (χ4v) is 1.60. The van der Waals surface area contributed by atoms with Crippen LogP contribution in [0, 0.1) is 0 Å². The van der Waals surface area contributed by atoms with E-state index in [-0.39, 0.29) is 0 Å². The van der Waals surface area contributed by atoms with Gasteiger partial charge in [-0.05, 0) is 6.07 Å². The van der Waals surface area contributed by atoms with Crippen LogP contribution in [0.25, 0.3) is 5.83 Å². The Hall–Kier alpha value is -1.53. The lowest BCUT2D eigenvalue weighted by Crippen LogP contribution is -2.45. The molecule has 17 heavy (non-hydrogen) atoms. The summed E-state index contributed by atoms with van der Waals surface area (Å²) in [4.78, 5) is 3.38. The highest BCUT2D eigenvalue weighted by Gasteiger charge is 2.63. The topological polar surface area (TPSA) is 12.9 Å². The third-order valence-corrected chi connectivity index (χ3v) is 2.48. The van der Waals surface area contributed by atoms with E-state index in [1.807, 2.05) is 0 Å². The number of alkyl halides is 5. The second kappa shape index (κ2) is 3.48. The summed E-state index contributed by atoms with van der Waals surface area (Å²) in [5.74, 6) is -1.52. The Morgan fingerprint density at radius 2 is 1.94 bits per heavy atom. The fraction of sp³-hybridized carbons (Fsp3) is 0.300. The third kappa shape index (κ3) is 1.60. The van der Waals surface area contributed by atoms with Gasteiger partial charge in [0.05, 0.1) is 0 Å². The average molecular weight is 253 g/mol. The Kier molecular flexibility index (Phi) is 2.44. The number of halogens is 6. The molecule has 2 rings (SSSR count). The summed E-state index contributed by atoms with van der Waals surface area (Å²) in [5, 5.41) is 0. The van der Waals surface area contributed by atoms with Gasteiger partial charge in [-0.3, -0.25) is 4.98 Å². The van der Waals surface area contributed by atoms with E-state index in [2.05, 4.69) is 4.98 Å². The van der Waals surface area contributed by atoms with Crippen LogP contribution in [0.3, 0.4) is 0 Å². The van der Waals surface area contributed by atoms with Crippen molar-refractivity contribution in [1.82, 2.24) is 4.98 Å². The summed E-state index contributed by atoms with van der Waals surface area (Å²) in [6.07, 6.45) is -7.88. The van der Waals surface area contributed by atoms with E-state index in [9.17, 15) is 26.3 Å². The molecule has 1 aliphatic carbocycles. The largest absolute Gasteiger partial charge is 0.429 e. The van der Waals surface area contributed by atoms with Crippen molar-refractivity contribution in [3.05, 3.63) is 35.7 Å². The van der Waals surface area contributed by atoms with Crippen LogP contribution in [-0.4, -0.2) is 16.8 Å². The van der Waals surface area contributed by atoms with Crippen molar-refractivity contribution in [3.8, 4) is 0 Å². The van der Waals surface area contributed by atoms with Gasteiger partial charge < -0.3 is 0 Å². The number of nitrogens with zero attached hydrogens (tertiary/aromatic N) is 1. The maximum atomic E-state index is 13.6. The second-order valence-corrected chi connectivity index (χ2v) is 3.56. The Balaban J connectivity index is 2.63. The van der Waals surface area contributed by atoms with Crippen molar-refractivity contribution in [3.63, 3.8) is 0 Å². The molecule has 92 valence electrons. The van der Waals surface area contributed by atoms with Crippen LogP contribution in [0.2, 0.25) is 0 Å². The van der Waals surface area contributed by atoms with Gasteiger partial charge in [-0.15, -0.1) is 0 Å². The first-order chi connectivity index (χ1) is 7.77. The summed E-state index contributed by atoms with van der Waals surface area (Å²) in [5.41, 5.74) is -5.70. The molecule has 0 spiro atoms. The molecule has 0 saturated carbocycles. The molecule has 1 heterocycles. The first-order valence-electron chi connectivity index (χ1n) is 4.50. The van der Waals surface area contributed by atoms with Gasteiger partial charge in [0, 0.05) is 17.8 Å². The van der Waals surface area contributed by atoms with Gasteiger partial charge in [0.25, 0.3) is 5.67 Å². The minimum Gasteiger partial charge on any atom is -0.253 e. The van der Waals surface area contributed by atoms with Gasteiger partial charge in [0.15, 0.2) is 6.17 Å². The van der Waals surface area contributed by atoms with Crippen molar-refractivity contribution < 1.29 is 26.3 Å². The Bertz CT molecular complexity index is 480. The van der Waals surface area contributed by atoms with Gasteiger partial charge in [0.1, 0.15) is 11.5 Å². The molecule has 2 unspecified atom stereocenters. The number of hydrogen-bond acceptors (Lipinski definition) is 1. The summed E-state index contributed by atoms with van der Waals surface area (Å²) in [7, 11) is 0. The Morgan fingerprint density at radius 1 is 1.29 bits per heavy atom. The van der Waals surface area contributed by atoms with E-state index in [4.69, 9.17) is 0 Å². The first kappa shape index (κ1) is 11.9. The molecule has 0 amide bonds. The van der Waals surface area contributed by atoms with Crippen LogP contribution in [0.1, 0.15) is 17.4 Å². The average Bonchev–Trinajstić information content (AvgIpc) is 2.25. The number of fused-ring (bicyclic) bond motifs is 1. The molecule has 0 radical (unpaired) electrons. The number of pyridine rings is 1. The number of aromatic nitrogens is 1. The van der Waals surface area contributed by atoms with Gasteiger partial charge in [-0.2, -0.15) is 13.2 Å². The van der Waals surface area contributed by atoms with E-state index in [0.717, 1.165) is 18.3 Å². The highest BCUT2D eigenvalue weighted by atomic mass is 19.4. The summed E-state index contributed by atoms with van der Waals surface area (Å²) >= 11 is 0. The van der Waals surface area contributed by atoms with Gasteiger partial charge in [-0.1, -0.05) is 6.07 Å². The van der Waals surface area contributed by atoms with Gasteiger partial charge in [0.2, 0.25) is 0 Å². The van der Waals surface area contributed by atoms with Crippen molar-refractivity contribution in [2.24, 2.45) is 0 Å². The van der Waals surface area contributed by atoms with Crippen molar-refractivity contribution in [1.29, 1.82) is 0 Å². The molecule has 0 saturated heterocycles. The van der Waals surface area contributed by atoms with Crippen LogP contribution < -0.4 is 0 Å². The Morgan fingerprint density at radius 3 is 2.53 bits per heavy atom. The van der Waals surface area contributed by atoms with E-state index in [1.54, 1.807) is 0 Å². The molecule has 0 aliphatic heterocycles. The van der Waals surface area contributed by atoms with Crippen LogP contribution in [0.4, 0.5) is 26.3 Å². The fourth-order valence-electron chi connectivity index (χ4n) is 1.60. The van der Waals surface area contributed by atoms with E-state index < -0.39 is 41.2 Å². The molecular formula is C10H5F6N. The van der Waals surface area contributed by atoms with Gasteiger partial charge in [-0.25, -0.2) is 13.2 Å². The number of rotatable bonds is 0. The predicted molar refractivity (Wildman–Crippen MR) is 47.1 cm³/mol. The normalized spacial score (nSPS) is 28.6. The molecule has 2 atom stereocenters.